The molecule has 15 heteroatoms. The number of esters is 1. The minimum absolute atomic E-state index is 0.0655. The summed E-state index contributed by atoms with van der Waals surface area (Å²) >= 11 is 0. The molecular formula is C21H29F3N6O6. The van der Waals surface area contributed by atoms with Gasteiger partial charge in [-0.3, -0.25) is 10.6 Å². The van der Waals surface area contributed by atoms with Crippen molar-refractivity contribution in [2.75, 3.05) is 13.2 Å². The Morgan fingerprint density at radius 1 is 1.39 bits per heavy atom. The van der Waals surface area contributed by atoms with Crippen LogP contribution >= 0.6 is 0 Å². The largest absolute Gasteiger partial charge is 0.482 e. The molecule has 0 bridgehead atoms. The van der Waals surface area contributed by atoms with Crippen molar-refractivity contribution < 1.29 is 42.8 Å². The van der Waals surface area contributed by atoms with E-state index < -0.39 is 72.6 Å². The number of aliphatic hydroxyl groups excluding tert-OH is 1. The van der Waals surface area contributed by atoms with Gasteiger partial charge >= 0.3 is 12.1 Å². The van der Waals surface area contributed by atoms with Gasteiger partial charge in [0.1, 0.15) is 12.4 Å². The van der Waals surface area contributed by atoms with E-state index in [4.69, 9.17) is 20.9 Å². The summed E-state index contributed by atoms with van der Waals surface area (Å²) < 4.78 is 51.5. The van der Waals surface area contributed by atoms with Gasteiger partial charge in [0, 0.05) is 12.3 Å². The molecule has 4 unspecified atom stereocenters. The molecule has 0 saturated carbocycles. The first-order valence-corrected chi connectivity index (χ1v) is 11.7. The third-order valence-corrected chi connectivity index (χ3v) is 7.70. The Bertz CT molecular complexity index is 1010. The number of carbonyl (C=O) groups excluding carboxylic acids is 1. The van der Waals surface area contributed by atoms with Gasteiger partial charge in [-0.15, -0.1) is 0 Å². The Morgan fingerprint density at radius 2 is 2.14 bits per heavy atom. The summed E-state index contributed by atoms with van der Waals surface area (Å²) in [7, 11) is 0. The highest BCUT2D eigenvalue weighted by molar-refractivity contribution is 5.87. The maximum atomic E-state index is 13.5. The van der Waals surface area contributed by atoms with Gasteiger partial charge in [0.2, 0.25) is 11.5 Å². The Balaban J connectivity index is 1.32. The highest BCUT2D eigenvalue weighted by atomic mass is 19.4. The normalized spacial score (nSPS) is 41.3. The van der Waals surface area contributed by atoms with Gasteiger partial charge in [0.25, 0.3) is 0 Å². The average molecular weight is 518 g/mol. The summed E-state index contributed by atoms with van der Waals surface area (Å²) in [6.45, 7) is -0.762. The molecular weight excluding hydrogens is 489 g/mol. The molecule has 8 atom stereocenters. The number of hydrogen-bond acceptors (Lipinski definition) is 12. The molecule has 0 aromatic carbocycles. The van der Waals surface area contributed by atoms with Crippen LogP contribution in [0.15, 0.2) is 29.0 Å². The SMILES string of the molecule is NC1=N[C@@H](CO)C2NC(N)NC23N1C[C@H](OC(=O)C1=CC[C@H]([C@H]2C=CCCC2C(F)(F)F)O1)C3(O)O. The first-order valence-electron chi connectivity index (χ1n) is 11.7. The van der Waals surface area contributed by atoms with Crippen LogP contribution in [0.1, 0.15) is 19.3 Å². The zero-order valence-electron chi connectivity index (χ0n) is 19.1. The molecule has 36 heavy (non-hydrogen) atoms. The van der Waals surface area contributed by atoms with Crippen molar-refractivity contribution in [1.82, 2.24) is 15.5 Å². The number of alkyl halides is 3. The number of nitrogens with zero attached hydrogens (tertiary/aromatic N) is 2. The lowest BCUT2D eigenvalue weighted by molar-refractivity contribution is -0.264. The zero-order chi connectivity index (χ0) is 26.0. The number of nitrogens with two attached hydrogens (primary N) is 2. The number of nitrogens with one attached hydrogen (secondary N) is 2. The number of aliphatic imine (C=N–C) groups is 1. The number of carbonyl (C=O) groups is 1. The summed E-state index contributed by atoms with van der Waals surface area (Å²) in [5.74, 6) is -6.80. The molecule has 4 heterocycles. The van der Waals surface area contributed by atoms with Crippen LogP contribution in [-0.4, -0.2) is 93.5 Å². The molecule has 0 aromatic rings. The minimum atomic E-state index is -4.41. The molecule has 1 aliphatic carbocycles. The molecule has 1 spiro atoms. The summed E-state index contributed by atoms with van der Waals surface area (Å²) in [6, 6.07) is -1.78. The maximum Gasteiger partial charge on any atom is 0.392 e. The van der Waals surface area contributed by atoms with Gasteiger partial charge in [-0.1, -0.05) is 12.2 Å². The molecule has 0 aromatic heterocycles. The fraction of sp³-hybridized carbons (Fsp3) is 0.714. The first kappa shape index (κ1) is 25.2. The second kappa shape index (κ2) is 8.56. The van der Waals surface area contributed by atoms with Crippen molar-refractivity contribution in [3.8, 4) is 0 Å². The summed E-state index contributed by atoms with van der Waals surface area (Å²) in [6.07, 6.45) is -3.02. The van der Waals surface area contributed by atoms with Crippen LogP contribution in [0.5, 0.6) is 0 Å². The van der Waals surface area contributed by atoms with Crippen molar-refractivity contribution in [2.45, 2.75) is 67.5 Å². The lowest BCUT2D eigenvalue weighted by Gasteiger charge is -2.48. The number of halogens is 3. The Morgan fingerprint density at radius 3 is 2.83 bits per heavy atom. The number of aliphatic hydroxyl groups is 3. The van der Waals surface area contributed by atoms with Crippen molar-refractivity contribution >= 4 is 11.9 Å². The molecule has 9 N–H and O–H groups in total. The second-order valence-corrected chi connectivity index (χ2v) is 9.69. The van der Waals surface area contributed by atoms with E-state index in [-0.39, 0.29) is 31.1 Å². The van der Waals surface area contributed by atoms with Gasteiger partial charge in [0.15, 0.2) is 17.7 Å². The minimum Gasteiger partial charge on any atom is -0.482 e. The van der Waals surface area contributed by atoms with Gasteiger partial charge in [-0.25, -0.2) is 9.79 Å². The Hall–Kier alpha value is -2.43. The second-order valence-electron chi connectivity index (χ2n) is 9.69. The fourth-order valence-electron chi connectivity index (χ4n) is 6.05. The average Bonchev–Trinajstić information content (AvgIpc) is 3.49. The van der Waals surface area contributed by atoms with Gasteiger partial charge in [-0.2, -0.15) is 13.2 Å². The van der Waals surface area contributed by atoms with Crippen LogP contribution in [0, 0.1) is 11.8 Å². The Labute approximate surface area is 203 Å². The molecule has 0 radical (unpaired) electrons. The maximum absolute atomic E-state index is 13.5. The highest BCUT2D eigenvalue weighted by Crippen LogP contribution is 2.46. The van der Waals surface area contributed by atoms with E-state index in [1.165, 1.54) is 17.1 Å². The number of hydrogen-bond donors (Lipinski definition) is 7. The van der Waals surface area contributed by atoms with Crippen LogP contribution < -0.4 is 22.1 Å². The van der Waals surface area contributed by atoms with Crippen LogP contribution in [0.2, 0.25) is 0 Å². The topological polar surface area (TPSA) is 188 Å². The zero-order valence-corrected chi connectivity index (χ0v) is 19.1. The molecule has 2 saturated heterocycles. The third kappa shape index (κ3) is 3.68. The van der Waals surface area contributed by atoms with E-state index >= 15 is 0 Å². The summed E-state index contributed by atoms with van der Waals surface area (Å²) in [5.41, 5.74) is 10.2. The highest BCUT2D eigenvalue weighted by Gasteiger charge is 2.74. The predicted molar refractivity (Wildman–Crippen MR) is 116 cm³/mol. The van der Waals surface area contributed by atoms with E-state index in [0.717, 1.165) is 0 Å². The number of guanidine groups is 1. The van der Waals surface area contributed by atoms with Crippen LogP contribution in [0.25, 0.3) is 0 Å². The molecule has 4 aliphatic heterocycles. The van der Waals surface area contributed by atoms with E-state index in [9.17, 15) is 33.3 Å². The molecule has 5 aliphatic rings. The summed E-state index contributed by atoms with van der Waals surface area (Å²) in [5, 5.41) is 37.9. The lowest BCUT2D eigenvalue weighted by atomic mass is 9.79. The molecule has 200 valence electrons. The van der Waals surface area contributed by atoms with Crippen LogP contribution in [0.4, 0.5) is 13.2 Å². The van der Waals surface area contributed by atoms with Crippen LogP contribution in [-0.2, 0) is 14.3 Å². The monoisotopic (exact) mass is 518 g/mol. The quantitative estimate of drug-likeness (QED) is 0.123. The van der Waals surface area contributed by atoms with E-state index in [1.807, 2.05) is 0 Å². The lowest BCUT2D eigenvalue weighted by Crippen LogP contribution is -2.77. The fourth-order valence-corrected chi connectivity index (χ4v) is 6.05. The van der Waals surface area contributed by atoms with Gasteiger partial charge in [0.05, 0.1) is 31.2 Å². The van der Waals surface area contributed by atoms with Crippen molar-refractivity contribution in [3.63, 3.8) is 0 Å². The van der Waals surface area contributed by atoms with Crippen LogP contribution in [0.3, 0.4) is 0 Å². The molecule has 5 rings (SSSR count). The van der Waals surface area contributed by atoms with Gasteiger partial charge in [-0.05, 0) is 18.9 Å². The Kier molecular flexibility index (Phi) is 6.00. The first-order chi connectivity index (χ1) is 16.9. The van der Waals surface area contributed by atoms with E-state index in [1.54, 1.807) is 6.08 Å². The molecule has 2 fully saturated rings. The number of ether oxygens (including phenoxy) is 2. The molecule has 0 amide bonds. The molecule has 12 nitrogen and oxygen atoms in total. The van der Waals surface area contributed by atoms with Crippen molar-refractivity contribution in [3.05, 3.63) is 24.0 Å². The van der Waals surface area contributed by atoms with Crippen molar-refractivity contribution in [1.29, 1.82) is 0 Å². The van der Waals surface area contributed by atoms with E-state index in [0.29, 0.717) is 6.42 Å². The standard InChI is InChI=1S/C21H29F3N6O6/c22-21(23,24)10-4-2-1-3-9(10)12-5-6-13(35-12)16(32)36-14-7-30-18(26)27-11(8-31)15-19(30,20(14,33)34)29-17(25)28-15/h1,3,6,9-12,14-15,17,28-29,31,33-34H,2,4-5,7-8,25H2,(H2,26,27)/t9-,10?,11-,12+,14-,15?,17?,19?/m0/s1. The van der Waals surface area contributed by atoms with E-state index in [2.05, 4.69) is 15.6 Å². The predicted octanol–water partition coefficient (Wildman–Crippen LogP) is -2.10. The number of rotatable bonds is 4. The number of allylic oxidation sites excluding steroid dienone is 1. The summed E-state index contributed by atoms with van der Waals surface area (Å²) in [4.78, 5) is 18.4. The van der Waals surface area contributed by atoms with Crippen molar-refractivity contribution in [2.24, 2.45) is 28.3 Å². The smallest absolute Gasteiger partial charge is 0.392 e. The van der Waals surface area contributed by atoms with Gasteiger partial charge < -0.3 is 41.2 Å². The third-order valence-electron chi connectivity index (χ3n) is 7.70.